The highest BCUT2D eigenvalue weighted by atomic mass is 19.1. The van der Waals surface area contributed by atoms with Gasteiger partial charge in [-0.05, 0) is 55.7 Å². The molecule has 0 saturated heterocycles. The highest BCUT2D eigenvalue weighted by molar-refractivity contribution is 6.04. The van der Waals surface area contributed by atoms with Crippen molar-refractivity contribution < 1.29 is 13.7 Å². The van der Waals surface area contributed by atoms with Gasteiger partial charge in [-0.3, -0.25) is 9.48 Å². The normalized spacial score (nSPS) is 16.3. The fourth-order valence-corrected chi connectivity index (χ4v) is 4.33. The summed E-state index contributed by atoms with van der Waals surface area (Å²) in [6.45, 7) is 10.9. The smallest absolute Gasteiger partial charge is 0.278 e. The number of hydrogen-bond donors (Lipinski definition) is 1. The predicted octanol–water partition coefficient (Wildman–Crippen LogP) is 5.08. The van der Waals surface area contributed by atoms with Crippen LogP contribution in [-0.4, -0.2) is 20.8 Å². The molecular weight excluding hydrogens is 395 g/mol. The fraction of sp³-hybridized carbons (Fsp3) is 0.458. The van der Waals surface area contributed by atoms with Crippen molar-refractivity contribution in [3.63, 3.8) is 0 Å². The van der Waals surface area contributed by atoms with Crippen LogP contribution >= 0.6 is 0 Å². The number of aromatic nitrogens is 3. The number of benzene rings is 1. The van der Waals surface area contributed by atoms with E-state index in [1.807, 2.05) is 19.9 Å². The van der Waals surface area contributed by atoms with E-state index in [1.54, 1.807) is 10.7 Å². The van der Waals surface area contributed by atoms with Crippen molar-refractivity contribution in [2.24, 2.45) is 11.3 Å². The Hall–Kier alpha value is -2.96. The summed E-state index contributed by atoms with van der Waals surface area (Å²) in [5.74, 6) is 0.734. The molecule has 1 unspecified atom stereocenters. The standard InChI is InChI=1S/C24H29FN4O2/c1-14-21(15(2)29(27-14)13-16-7-6-8-18(25)11-16)26-23(30)22-19-12-17(24(3,4)5)9-10-20(19)31-28-22/h6-8,11,17H,9-10,12-13H2,1-5H3,(H,26,30). The minimum atomic E-state index is -0.281. The van der Waals surface area contributed by atoms with E-state index in [2.05, 4.69) is 36.3 Å². The van der Waals surface area contributed by atoms with Crippen molar-refractivity contribution in [1.82, 2.24) is 14.9 Å². The monoisotopic (exact) mass is 424 g/mol. The number of nitrogens with one attached hydrogen (secondary N) is 1. The molecule has 0 spiro atoms. The third-order valence-electron chi connectivity index (χ3n) is 6.32. The molecule has 0 radical (unpaired) electrons. The van der Waals surface area contributed by atoms with Crippen LogP contribution in [0.4, 0.5) is 10.1 Å². The molecular formula is C24H29FN4O2. The second-order valence-electron chi connectivity index (χ2n) is 9.53. The predicted molar refractivity (Wildman–Crippen MR) is 117 cm³/mol. The zero-order chi connectivity index (χ0) is 22.3. The summed E-state index contributed by atoms with van der Waals surface area (Å²) >= 11 is 0. The summed E-state index contributed by atoms with van der Waals surface area (Å²) in [5, 5.41) is 11.6. The van der Waals surface area contributed by atoms with Gasteiger partial charge >= 0.3 is 0 Å². The fourth-order valence-electron chi connectivity index (χ4n) is 4.33. The summed E-state index contributed by atoms with van der Waals surface area (Å²) in [6, 6.07) is 6.43. The molecule has 1 amide bonds. The molecule has 1 N–H and O–H groups in total. The molecule has 164 valence electrons. The zero-order valence-corrected chi connectivity index (χ0v) is 18.8. The van der Waals surface area contributed by atoms with Crippen LogP contribution < -0.4 is 5.32 Å². The topological polar surface area (TPSA) is 73.0 Å². The number of hydrogen-bond acceptors (Lipinski definition) is 4. The second-order valence-corrected chi connectivity index (χ2v) is 9.53. The molecule has 31 heavy (non-hydrogen) atoms. The molecule has 6 nitrogen and oxygen atoms in total. The average Bonchev–Trinajstić information content (AvgIpc) is 3.23. The Morgan fingerprint density at radius 2 is 2.10 bits per heavy atom. The summed E-state index contributed by atoms with van der Waals surface area (Å²) < 4.78 is 20.8. The lowest BCUT2D eigenvalue weighted by Crippen LogP contribution is -2.27. The molecule has 2 heterocycles. The number of rotatable bonds is 4. The van der Waals surface area contributed by atoms with Gasteiger partial charge in [-0.1, -0.05) is 38.1 Å². The summed E-state index contributed by atoms with van der Waals surface area (Å²) in [4.78, 5) is 13.1. The van der Waals surface area contributed by atoms with E-state index in [0.717, 1.165) is 41.8 Å². The van der Waals surface area contributed by atoms with E-state index in [9.17, 15) is 9.18 Å². The van der Waals surface area contributed by atoms with Gasteiger partial charge in [0.1, 0.15) is 11.6 Å². The van der Waals surface area contributed by atoms with Gasteiger partial charge in [0.15, 0.2) is 5.69 Å². The SMILES string of the molecule is Cc1nn(Cc2cccc(F)c2)c(C)c1NC(=O)c1noc2c1CC(C(C)(C)C)CC2. The van der Waals surface area contributed by atoms with E-state index in [-0.39, 0.29) is 17.1 Å². The van der Waals surface area contributed by atoms with Gasteiger partial charge in [-0.15, -0.1) is 0 Å². The maximum atomic E-state index is 13.5. The maximum absolute atomic E-state index is 13.5. The molecule has 0 aliphatic heterocycles. The third-order valence-corrected chi connectivity index (χ3v) is 6.32. The molecule has 4 rings (SSSR count). The number of amides is 1. The molecule has 0 fully saturated rings. The highest BCUT2D eigenvalue weighted by Crippen LogP contribution is 2.38. The second kappa shape index (κ2) is 7.94. The van der Waals surface area contributed by atoms with Gasteiger partial charge in [0, 0.05) is 12.0 Å². The van der Waals surface area contributed by atoms with Crippen LogP contribution in [-0.2, 0) is 19.4 Å². The molecule has 2 aromatic heterocycles. The lowest BCUT2D eigenvalue weighted by molar-refractivity contribution is 0.101. The molecule has 0 bridgehead atoms. The Morgan fingerprint density at radius 3 is 2.81 bits per heavy atom. The minimum absolute atomic E-state index is 0.161. The lowest BCUT2D eigenvalue weighted by Gasteiger charge is -2.33. The van der Waals surface area contributed by atoms with Gasteiger partial charge in [-0.25, -0.2) is 4.39 Å². The summed E-state index contributed by atoms with van der Waals surface area (Å²) in [6.07, 6.45) is 2.64. The van der Waals surface area contributed by atoms with E-state index in [1.165, 1.54) is 12.1 Å². The van der Waals surface area contributed by atoms with Crippen LogP contribution in [0.2, 0.25) is 0 Å². The van der Waals surface area contributed by atoms with Crippen LogP contribution in [0.1, 0.15) is 66.0 Å². The van der Waals surface area contributed by atoms with Crippen LogP contribution in [0.5, 0.6) is 0 Å². The number of halogens is 1. The molecule has 0 saturated carbocycles. The summed E-state index contributed by atoms with van der Waals surface area (Å²) in [5.41, 5.74) is 4.41. The number of carbonyl (C=O) groups is 1. The first-order valence-corrected chi connectivity index (χ1v) is 10.7. The van der Waals surface area contributed by atoms with Crippen LogP contribution in [0.3, 0.4) is 0 Å². The van der Waals surface area contributed by atoms with Gasteiger partial charge < -0.3 is 9.84 Å². The van der Waals surface area contributed by atoms with Crippen molar-refractivity contribution >= 4 is 11.6 Å². The molecule has 1 atom stereocenters. The van der Waals surface area contributed by atoms with E-state index in [0.29, 0.717) is 29.5 Å². The molecule has 3 aromatic rings. The highest BCUT2D eigenvalue weighted by Gasteiger charge is 2.34. The average molecular weight is 425 g/mol. The number of nitrogens with zero attached hydrogens (tertiary/aromatic N) is 3. The van der Waals surface area contributed by atoms with Gasteiger partial charge in [-0.2, -0.15) is 5.10 Å². The number of anilines is 1. The Morgan fingerprint density at radius 1 is 1.32 bits per heavy atom. The largest absolute Gasteiger partial charge is 0.360 e. The first-order valence-electron chi connectivity index (χ1n) is 10.7. The van der Waals surface area contributed by atoms with Crippen LogP contribution in [0.15, 0.2) is 28.8 Å². The van der Waals surface area contributed by atoms with E-state index >= 15 is 0 Å². The number of fused-ring (bicyclic) bond motifs is 1. The Kier molecular flexibility index (Phi) is 5.45. The first kappa shape index (κ1) is 21.3. The Labute approximate surface area is 181 Å². The molecule has 1 aliphatic carbocycles. The Balaban J connectivity index is 1.55. The van der Waals surface area contributed by atoms with Gasteiger partial charge in [0.25, 0.3) is 5.91 Å². The van der Waals surface area contributed by atoms with Crippen molar-refractivity contribution in [3.8, 4) is 0 Å². The quantitative estimate of drug-likeness (QED) is 0.634. The molecule has 1 aromatic carbocycles. The van der Waals surface area contributed by atoms with Crippen molar-refractivity contribution in [2.45, 2.75) is 60.4 Å². The minimum Gasteiger partial charge on any atom is -0.360 e. The number of aryl methyl sites for hydroxylation is 2. The molecule has 7 heteroatoms. The van der Waals surface area contributed by atoms with E-state index in [4.69, 9.17) is 4.52 Å². The Bertz CT molecular complexity index is 1120. The van der Waals surface area contributed by atoms with Gasteiger partial charge in [0.05, 0.1) is 23.6 Å². The number of carbonyl (C=O) groups excluding carboxylic acids is 1. The van der Waals surface area contributed by atoms with Crippen molar-refractivity contribution in [2.75, 3.05) is 5.32 Å². The zero-order valence-electron chi connectivity index (χ0n) is 18.8. The van der Waals surface area contributed by atoms with E-state index < -0.39 is 0 Å². The maximum Gasteiger partial charge on any atom is 0.278 e. The first-order chi connectivity index (χ1) is 14.6. The van der Waals surface area contributed by atoms with Crippen molar-refractivity contribution in [1.29, 1.82) is 0 Å². The molecule has 1 aliphatic rings. The lowest BCUT2D eigenvalue weighted by atomic mass is 9.71. The van der Waals surface area contributed by atoms with Crippen LogP contribution in [0, 0.1) is 31.0 Å². The summed E-state index contributed by atoms with van der Waals surface area (Å²) in [7, 11) is 0. The van der Waals surface area contributed by atoms with Gasteiger partial charge in [0.2, 0.25) is 0 Å². The van der Waals surface area contributed by atoms with Crippen molar-refractivity contribution in [3.05, 3.63) is 64.1 Å². The third kappa shape index (κ3) is 4.27. The van der Waals surface area contributed by atoms with Crippen LogP contribution in [0.25, 0.3) is 0 Å².